The fraction of sp³-hybridized carbons (Fsp3) is 0.400. The van der Waals surface area contributed by atoms with Gasteiger partial charge in [-0.1, -0.05) is 31.5 Å². The number of carbonyl (C=O) groups is 2. The minimum absolute atomic E-state index is 0.0271. The highest BCUT2D eigenvalue weighted by Crippen LogP contribution is 2.38. The molecule has 0 saturated carbocycles. The van der Waals surface area contributed by atoms with E-state index in [-0.39, 0.29) is 10.6 Å². The molecule has 0 spiro atoms. The van der Waals surface area contributed by atoms with Gasteiger partial charge in [-0.2, -0.15) is 13.2 Å². The van der Waals surface area contributed by atoms with Crippen molar-refractivity contribution in [1.29, 1.82) is 0 Å². The van der Waals surface area contributed by atoms with E-state index < -0.39 is 18.0 Å². The van der Waals surface area contributed by atoms with Gasteiger partial charge in [0.05, 0.1) is 5.56 Å². The molecule has 1 aromatic carbocycles. The van der Waals surface area contributed by atoms with Gasteiger partial charge in [-0.25, -0.2) is 0 Å². The molecule has 0 atom stereocenters. The molecule has 0 radical (unpaired) electrons. The zero-order chi connectivity index (χ0) is 20.3. The number of benzene rings is 1. The van der Waals surface area contributed by atoms with Crippen LogP contribution in [-0.2, 0) is 24.1 Å². The van der Waals surface area contributed by atoms with Crippen LogP contribution in [0.2, 0.25) is 0 Å². The van der Waals surface area contributed by atoms with Crippen LogP contribution in [0.25, 0.3) is 0 Å². The van der Waals surface area contributed by atoms with Gasteiger partial charge in [0.1, 0.15) is 5.00 Å². The van der Waals surface area contributed by atoms with Crippen LogP contribution in [0.5, 0.6) is 0 Å². The average Bonchev–Trinajstić information content (AvgIpc) is 2.82. The lowest BCUT2D eigenvalue weighted by Gasteiger charge is -2.13. The smallest absolute Gasteiger partial charge is 0.322 e. The second kappa shape index (κ2) is 8.34. The fourth-order valence-electron chi connectivity index (χ4n) is 3.38. The Bertz CT molecular complexity index is 890. The number of anilines is 2. The van der Waals surface area contributed by atoms with Crippen molar-refractivity contribution in [2.45, 2.75) is 51.6 Å². The van der Waals surface area contributed by atoms with E-state index in [4.69, 9.17) is 0 Å². The predicted octanol–water partition coefficient (Wildman–Crippen LogP) is 5.33. The number of carbonyl (C=O) groups excluding carboxylic acids is 2. The lowest BCUT2D eigenvalue weighted by Crippen LogP contribution is -2.30. The van der Waals surface area contributed by atoms with Crippen molar-refractivity contribution in [2.24, 2.45) is 0 Å². The summed E-state index contributed by atoms with van der Waals surface area (Å²) in [4.78, 5) is 25.4. The van der Waals surface area contributed by atoms with Crippen LogP contribution in [0.15, 0.2) is 24.3 Å². The predicted molar refractivity (Wildman–Crippen MR) is 104 cm³/mol. The van der Waals surface area contributed by atoms with Crippen LogP contribution in [0.3, 0.4) is 0 Å². The molecule has 3 rings (SSSR count). The molecule has 8 heteroatoms. The van der Waals surface area contributed by atoms with Gasteiger partial charge in [-0.05, 0) is 49.3 Å². The maximum atomic E-state index is 13.0. The Morgan fingerprint density at radius 3 is 2.50 bits per heavy atom. The summed E-state index contributed by atoms with van der Waals surface area (Å²) in [5.41, 5.74) is 2.46. The van der Waals surface area contributed by atoms with E-state index in [0.717, 1.165) is 46.6 Å². The first-order valence-electron chi connectivity index (χ1n) is 9.23. The van der Waals surface area contributed by atoms with E-state index in [1.54, 1.807) is 12.1 Å². The zero-order valence-electron chi connectivity index (χ0n) is 15.4. The SMILES string of the molecule is CCc1ccccc1NC(=O)c1c(NC(=O)C(F)(F)F)sc2c1CCCCC2. The van der Waals surface area contributed by atoms with Crippen LogP contribution in [-0.4, -0.2) is 18.0 Å². The highest BCUT2D eigenvalue weighted by Gasteiger charge is 2.40. The third-order valence-electron chi connectivity index (χ3n) is 4.78. The summed E-state index contributed by atoms with van der Waals surface area (Å²) >= 11 is 1.08. The molecule has 1 aliphatic rings. The van der Waals surface area contributed by atoms with Crippen molar-refractivity contribution in [1.82, 2.24) is 0 Å². The van der Waals surface area contributed by atoms with Gasteiger partial charge >= 0.3 is 12.1 Å². The van der Waals surface area contributed by atoms with Crippen LogP contribution >= 0.6 is 11.3 Å². The molecule has 1 aliphatic carbocycles. The van der Waals surface area contributed by atoms with Gasteiger partial charge in [-0.3, -0.25) is 9.59 Å². The number of thiophene rings is 1. The van der Waals surface area contributed by atoms with E-state index in [2.05, 4.69) is 5.32 Å². The Balaban J connectivity index is 1.98. The number of rotatable bonds is 4. The first-order chi connectivity index (χ1) is 13.3. The number of halogens is 3. The summed E-state index contributed by atoms with van der Waals surface area (Å²) in [5.74, 6) is -2.55. The number of alkyl halides is 3. The maximum absolute atomic E-state index is 13.0. The molecule has 0 saturated heterocycles. The summed E-state index contributed by atoms with van der Waals surface area (Å²) in [5, 5.41) is 4.71. The van der Waals surface area contributed by atoms with Crippen molar-refractivity contribution >= 4 is 33.8 Å². The minimum Gasteiger partial charge on any atom is -0.322 e. The Hall–Kier alpha value is -2.35. The van der Waals surface area contributed by atoms with Crippen molar-refractivity contribution in [3.05, 3.63) is 45.8 Å². The van der Waals surface area contributed by atoms with E-state index in [1.807, 2.05) is 24.4 Å². The Labute approximate surface area is 165 Å². The molecule has 0 fully saturated rings. The van der Waals surface area contributed by atoms with Gasteiger partial charge in [0, 0.05) is 10.6 Å². The average molecular weight is 410 g/mol. The summed E-state index contributed by atoms with van der Waals surface area (Å²) in [6.07, 6.45) is -0.201. The van der Waals surface area contributed by atoms with Crippen LogP contribution in [0.1, 0.15) is 52.5 Å². The van der Waals surface area contributed by atoms with E-state index in [1.165, 1.54) is 0 Å². The molecule has 1 heterocycles. The fourth-order valence-corrected chi connectivity index (χ4v) is 4.66. The van der Waals surface area contributed by atoms with Gasteiger partial charge in [-0.15, -0.1) is 11.3 Å². The summed E-state index contributed by atoms with van der Waals surface area (Å²) < 4.78 is 38.3. The molecular formula is C20H21F3N2O2S. The van der Waals surface area contributed by atoms with Gasteiger partial charge < -0.3 is 10.6 Å². The summed E-state index contributed by atoms with van der Waals surface area (Å²) in [7, 11) is 0. The summed E-state index contributed by atoms with van der Waals surface area (Å²) in [6, 6.07) is 7.29. The minimum atomic E-state index is -5.01. The standard InChI is InChI=1S/C20H21F3N2O2S/c1-2-12-8-6-7-10-14(12)24-17(26)16-13-9-4-3-5-11-15(13)28-18(16)25-19(27)20(21,22)23/h6-8,10H,2-5,9,11H2,1H3,(H,24,26)(H,25,27). The first kappa shape index (κ1) is 20.4. The van der Waals surface area contributed by atoms with E-state index >= 15 is 0 Å². The molecular weight excluding hydrogens is 389 g/mol. The number of aryl methyl sites for hydroxylation is 2. The monoisotopic (exact) mass is 410 g/mol. The molecule has 0 bridgehead atoms. The number of fused-ring (bicyclic) bond motifs is 1. The molecule has 2 aromatic rings. The van der Waals surface area contributed by atoms with Gasteiger partial charge in [0.25, 0.3) is 5.91 Å². The summed E-state index contributed by atoms with van der Waals surface area (Å²) in [6.45, 7) is 1.95. The van der Waals surface area contributed by atoms with E-state index in [0.29, 0.717) is 24.9 Å². The van der Waals surface area contributed by atoms with Crippen molar-refractivity contribution in [2.75, 3.05) is 10.6 Å². The number of nitrogens with one attached hydrogen (secondary N) is 2. The largest absolute Gasteiger partial charge is 0.471 e. The molecule has 28 heavy (non-hydrogen) atoms. The molecule has 4 nitrogen and oxygen atoms in total. The third-order valence-corrected chi connectivity index (χ3v) is 5.99. The van der Waals surface area contributed by atoms with Crippen molar-refractivity contribution in [3.63, 3.8) is 0 Å². The number of hydrogen-bond acceptors (Lipinski definition) is 3. The van der Waals surface area contributed by atoms with Gasteiger partial charge in [0.2, 0.25) is 0 Å². The highest BCUT2D eigenvalue weighted by molar-refractivity contribution is 7.17. The van der Waals surface area contributed by atoms with Gasteiger partial charge in [0.15, 0.2) is 0 Å². The molecule has 1 aromatic heterocycles. The van der Waals surface area contributed by atoms with Crippen LogP contribution in [0, 0.1) is 0 Å². The van der Waals surface area contributed by atoms with Crippen LogP contribution < -0.4 is 10.6 Å². The molecule has 0 unspecified atom stereocenters. The third kappa shape index (κ3) is 4.38. The normalized spacial score (nSPS) is 14.1. The van der Waals surface area contributed by atoms with Crippen molar-refractivity contribution < 1.29 is 22.8 Å². The Morgan fingerprint density at radius 1 is 1.07 bits per heavy atom. The maximum Gasteiger partial charge on any atom is 0.471 e. The topological polar surface area (TPSA) is 58.2 Å². The lowest BCUT2D eigenvalue weighted by molar-refractivity contribution is -0.167. The second-order valence-corrected chi connectivity index (χ2v) is 7.79. The Kier molecular flexibility index (Phi) is 6.07. The van der Waals surface area contributed by atoms with Crippen LogP contribution in [0.4, 0.5) is 23.9 Å². The zero-order valence-corrected chi connectivity index (χ0v) is 16.2. The number of para-hydroxylation sites is 1. The molecule has 150 valence electrons. The first-order valence-corrected chi connectivity index (χ1v) is 10.0. The number of hydrogen-bond donors (Lipinski definition) is 2. The Morgan fingerprint density at radius 2 is 1.79 bits per heavy atom. The highest BCUT2D eigenvalue weighted by atomic mass is 32.1. The quantitative estimate of drug-likeness (QED) is 0.669. The van der Waals surface area contributed by atoms with E-state index in [9.17, 15) is 22.8 Å². The number of amides is 2. The van der Waals surface area contributed by atoms with Crippen molar-refractivity contribution in [3.8, 4) is 0 Å². The molecule has 0 aliphatic heterocycles. The molecule has 2 amide bonds. The lowest BCUT2D eigenvalue weighted by atomic mass is 10.0. The second-order valence-electron chi connectivity index (χ2n) is 6.69. The molecule has 2 N–H and O–H groups in total.